The molecule has 1 aliphatic rings. The van der Waals surface area contributed by atoms with Crippen LogP contribution in [0, 0.1) is 5.82 Å². The van der Waals surface area contributed by atoms with E-state index in [0.717, 1.165) is 15.3 Å². The van der Waals surface area contributed by atoms with Crippen LogP contribution in [0.5, 0.6) is 5.75 Å². The fourth-order valence-corrected chi connectivity index (χ4v) is 3.67. The third-order valence-electron chi connectivity index (χ3n) is 4.04. The Balaban J connectivity index is 1.38. The lowest BCUT2D eigenvalue weighted by atomic mass is 10.1. The van der Waals surface area contributed by atoms with Gasteiger partial charge in [0.15, 0.2) is 5.13 Å². The van der Waals surface area contributed by atoms with Crippen molar-refractivity contribution in [3.8, 4) is 5.75 Å². The van der Waals surface area contributed by atoms with E-state index < -0.39 is 0 Å². The van der Waals surface area contributed by atoms with Gasteiger partial charge in [0.1, 0.15) is 17.7 Å². The number of halogens is 1. The van der Waals surface area contributed by atoms with Crippen LogP contribution < -0.4 is 9.64 Å². The van der Waals surface area contributed by atoms with E-state index in [-0.39, 0.29) is 17.9 Å². The molecular formula is C18H15FN2O3S. The molecule has 1 fully saturated rings. The fourth-order valence-electron chi connectivity index (χ4n) is 2.66. The maximum atomic E-state index is 13.3. The zero-order valence-corrected chi connectivity index (χ0v) is 14.3. The SMILES string of the molecule is COc1cccc(C(=O)OC2CN(c3nc4ccc(F)cc4s3)C2)c1. The topological polar surface area (TPSA) is 51.7 Å². The summed E-state index contributed by atoms with van der Waals surface area (Å²) in [6.45, 7) is 1.16. The number of benzene rings is 2. The van der Waals surface area contributed by atoms with E-state index in [0.29, 0.717) is 24.4 Å². The molecule has 2 heterocycles. The van der Waals surface area contributed by atoms with Crippen LogP contribution in [0.1, 0.15) is 10.4 Å². The molecular weight excluding hydrogens is 343 g/mol. The first-order valence-electron chi connectivity index (χ1n) is 7.78. The minimum atomic E-state index is -0.366. The number of thiazole rings is 1. The Kier molecular flexibility index (Phi) is 4.01. The van der Waals surface area contributed by atoms with Crippen LogP contribution in [-0.2, 0) is 4.74 Å². The Hall–Kier alpha value is -2.67. The Bertz CT molecular complexity index is 937. The maximum absolute atomic E-state index is 13.3. The first kappa shape index (κ1) is 15.8. The zero-order valence-electron chi connectivity index (χ0n) is 13.4. The highest BCUT2D eigenvalue weighted by molar-refractivity contribution is 7.22. The van der Waals surface area contributed by atoms with Crippen molar-refractivity contribution >= 4 is 32.7 Å². The Morgan fingerprint density at radius 2 is 2.12 bits per heavy atom. The van der Waals surface area contributed by atoms with Crippen LogP contribution in [0.25, 0.3) is 10.2 Å². The molecule has 3 aromatic rings. The number of carbonyl (C=O) groups excluding carboxylic acids is 1. The summed E-state index contributed by atoms with van der Waals surface area (Å²) in [5.41, 5.74) is 1.24. The summed E-state index contributed by atoms with van der Waals surface area (Å²) in [6, 6.07) is 11.4. The second-order valence-electron chi connectivity index (χ2n) is 5.77. The molecule has 128 valence electrons. The Labute approximate surface area is 147 Å². The minimum absolute atomic E-state index is 0.178. The Morgan fingerprint density at radius 3 is 2.92 bits per heavy atom. The second kappa shape index (κ2) is 6.33. The first-order chi connectivity index (χ1) is 12.1. The molecule has 1 saturated heterocycles. The predicted octanol–water partition coefficient (Wildman–Crippen LogP) is 3.49. The van der Waals surface area contributed by atoms with Crippen molar-refractivity contribution in [3.63, 3.8) is 0 Å². The van der Waals surface area contributed by atoms with E-state index in [2.05, 4.69) is 4.98 Å². The summed E-state index contributed by atoms with van der Waals surface area (Å²) in [4.78, 5) is 18.7. The van der Waals surface area contributed by atoms with E-state index in [1.165, 1.54) is 23.5 Å². The van der Waals surface area contributed by atoms with Crippen LogP contribution in [0.4, 0.5) is 9.52 Å². The third-order valence-corrected chi connectivity index (χ3v) is 5.12. The molecule has 0 amide bonds. The average Bonchev–Trinajstić information content (AvgIpc) is 2.99. The highest BCUT2D eigenvalue weighted by Gasteiger charge is 2.32. The van der Waals surface area contributed by atoms with Gasteiger partial charge in [-0.3, -0.25) is 0 Å². The number of esters is 1. The summed E-state index contributed by atoms with van der Waals surface area (Å²) in [7, 11) is 1.55. The molecule has 7 heteroatoms. The van der Waals surface area contributed by atoms with Gasteiger partial charge in [0, 0.05) is 0 Å². The predicted molar refractivity (Wildman–Crippen MR) is 94.0 cm³/mol. The smallest absolute Gasteiger partial charge is 0.338 e. The lowest BCUT2D eigenvalue weighted by Crippen LogP contribution is -2.53. The average molecular weight is 358 g/mol. The number of carbonyl (C=O) groups is 1. The van der Waals surface area contributed by atoms with Crippen molar-refractivity contribution in [1.29, 1.82) is 0 Å². The number of fused-ring (bicyclic) bond motifs is 1. The van der Waals surface area contributed by atoms with Crippen LogP contribution in [0.3, 0.4) is 0 Å². The van der Waals surface area contributed by atoms with Crippen LogP contribution in [0.15, 0.2) is 42.5 Å². The van der Waals surface area contributed by atoms with E-state index in [4.69, 9.17) is 9.47 Å². The summed E-state index contributed by atoms with van der Waals surface area (Å²) in [6.07, 6.45) is -0.178. The molecule has 0 atom stereocenters. The van der Waals surface area contributed by atoms with Gasteiger partial charge in [-0.25, -0.2) is 14.2 Å². The number of hydrogen-bond donors (Lipinski definition) is 0. The molecule has 0 spiro atoms. The fraction of sp³-hybridized carbons (Fsp3) is 0.222. The van der Waals surface area contributed by atoms with Gasteiger partial charge in [0.05, 0.1) is 36.0 Å². The van der Waals surface area contributed by atoms with E-state index >= 15 is 0 Å². The normalized spacial score (nSPS) is 14.4. The molecule has 5 nitrogen and oxygen atoms in total. The highest BCUT2D eigenvalue weighted by Crippen LogP contribution is 2.32. The number of aromatic nitrogens is 1. The van der Waals surface area contributed by atoms with Gasteiger partial charge in [0.25, 0.3) is 0 Å². The standard InChI is InChI=1S/C18H15FN2O3S/c1-23-13-4-2-3-11(7-13)17(22)24-14-9-21(10-14)18-20-15-6-5-12(19)8-16(15)25-18/h2-8,14H,9-10H2,1H3. The van der Waals surface area contributed by atoms with E-state index in [1.807, 2.05) is 4.90 Å². The zero-order chi connectivity index (χ0) is 17.4. The summed E-state index contributed by atoms with van der Waals surface area (Å²) in [5, 5.41) is 0.814. The first-order valence-corrected chi connectivity index (χ1v) is 8.60. The molecule has 4 rings (SSSR count). The molecule has 0 saturated carbocycles. The molecule has 2 aromatic carbocycles. The number of ether oxygens (including phenoxy) is 2. The largest absolute Gasteiger partial charge is 0.497 e. The molecule has 25 heavy (non-hydrogen) atoms. The second-order valence-corrected chi connectivity index (χ2v) is 6.78. The number of anilines is 1. The number of nitrogens with zero attached hydrogens (tertiary/aromatic N) is 2. The lowest BCUT2D eigenvalue weighted by Gasteiger charge is -2.38. The molecule has 0 radical (unpaired) electrons. The van der Waals surface area contributed by atoms with Crippen molar-refractivity contribution in [3.05, 3.63) is 53.8 Å². The van der Waals surface area contributed by atoms with Crippen molar-refractivity contribution < 1.29 is 18.7 Å². The quantitative estimate of drug-likeness (QED) is 0.668. The summed E-state index contributed by atoms with van der Waals surface area (Å²) in [5.74, 6) is -0.0160. The van der Waals surface area contributed by atoms with Crippen LogP contribution >= 0.6 is 11.3 Å². The van der Waals surface area contributed by atoms with Crippen LogP contribution in [0.2, 0.25) is 0 Å². The maximum Gasteiger partial charge on any atom is 0.338 e. The summed E-state index contributed by atoms with van der Waals surface area (Å²) >= 11 is 1.44. The van der Waals surface area contributed by atoms with Gasteiger partial charge in [-0.2, -0.15) is 0 Å². The van der Waals surface area contributed by atoms with E-state index in [9.17, 15) is 9.18 Å². The molecule has 1 aromatic heterocycles. The molecule has 0 bridgehead atoms. The van der Waals surface area contributed by atoms with Crippen molar-refractivity contribution in [2.75, 3.05) is 25.1 Å². The minimum Gasteiger partial charge on any atom is -0.497 e. The lowest BCUT2D eigenvalue weighted by molar-refractivity contribution is 0.0234. The molecule has 1 aliphatic heterocycles. The monoisotopic (exact) mass is 358 g/mol. The number of methoxy groups -OCH3 is 1. The van der Waals surface area contributed by atoms with Gasteiger partial charge in [-0.05, 0) is 36.4 Å². The van der Waals surface area contributed by atoms with Gasteiger partial charge in [-0.1, -0.05) is 17.4 Å². The van der Waals surface area contributed by atoms with Crippen LogP contribution in [-0.4, -0.2) is 37.3 Å². The van der Waals surface area contributed by atoms with E-state index in [1.54, 1.807) is 37.4 Å². The van der Waals surface area contributed by atoms with Gasteiger partial charge in [-0.15, -0.1) is 0 Å². The number of rotatable bonds is 4. The van der Waals surface area contributed by atoms with Gasteiger partial charge >= 0.3 is 5.97 Å². The molecule has 0 unspecified atom stereocenters. The summed E-state index contributed by atoms with van der Waals surface area (Å²) < 4.78 is 24.7. The van der Waals surface area contributed by atoms with Gasteiger partial charge in [0.2, 0.25) is 0 Å². The molecule has 0 N–H and O–H groups in total. The highest BCUT2D eigenvalue weighted by atomic mass is 32.1. The van der Waals surface area contributed by atoms with Crippen molar-refractivity contribution in [2.45, 2.75) is 6.10 Å². The number of hydrogen-bond acceptors (Lipinski definition) is 6. The van der Waals surface area contributed by atoms with Crippen molar-refractivity contribution in [2.24, 2.45) is 0 Å². The molecule has 0 aliphatic carbocycles. The Morgan fingerprint density at radius 1 is 1.28 bits per heavy atom. The van der Waals surface area contributed by atoms with Gasteiger partial charge < -0.3 is 14.4 Å². The third kappa shape index (κ3) is 3.15. The van der Waals surface area contributed by atoms with Crippen molar-refractivity contribution in [1.82, 2.24) is 4.98 Å².